The molecule has 4 unspecified atom stereocenters. The van der Waals surface area contributed by atoms with Gasteiger partial charge >= 0.3 is 151 Å². The van der Waals surface area contributed by atoms with Crippen molar-refractivity contribution in [3.63, 3.8) is 0 Å². The third-order valence-corrected chi connectivity index (χ3v) is 7.23. The van der Waals surface area contributed by atoms with E-state index in [4.69, 9.17) is 0 Å². The second kappa shape index (κ2) is 27.9. The molecule has 0 radical (unpaired) electrons. The van der Waals surface area contributed by atoms with E-state index in [0.717, 1.165) is 0 Å². The number of rotatable bonds is 20. The van der Waals surface area contributed by atoms with E-state index in [1.807, 2.05) is 0 Å². The summed E-state index contributed by atoms with van der Waals surface area (Å²) < 4.78 is 62.4. The molecule has 230 valence electrons. The molecule has 0 aliphatic rings. The maximum absolute atomic E-state index is 10.9. The van der Waals surface area contributed by atoms with Crippen molar-refractivity contribution in [1.82, 2.24) is 4.90 Å². The number of hydrogen-bond donors (Lipinski definition) is 3. The summed E-state index contributed by atoms with van der Waals surface area (Å²) in [5, 5.41) is 30.6. The van der Waals surface area contributed by atoms with Crippen molar-refractivity contribution in [2.24, 2.45) is 0 Å². The molecular formula is C22H27NNa4O15P4+4. The van der Waals surface area contributed by atoms with Gasteiger partial charge in [0.15, 0.2) is 0 Å². The van der Waals surface area contributed by atoms with E-state index in [-0.39, 0.29) is 158 Å². The molecule has 0 heterocycles. The third kappa shape index (κ3) is 19.8. The van der Waals surface area contributed by atoms with E-state index in [0.29, 0.717) is 33.4 Å². The summed E-state index contributed by atoms with van der Waals surface area (Å²) in [4.78, 5) is 45.2. The zero-order chi connectivity index (χ0) is 31.3. The van der Waals surface area contributed by atoms with Crippen molar-refractivity contribution in [2.75, 3.05) is 19.8 Å². The van der Waals surface area contributed by atoms with Crippen LogP contribution in [-0.2, 0) is 75.9 Å². The van der Waals surface area contributed by atoms with Crippen molar-refractivity contribution in [2.45, 2.75) is 45.1 Å². The van der Waals surface area contributed by atoms with E-state index in [9.17, 15) is 53.2 Å². The van der Waals surface area contributed by atoms with Gasteiger partial charge in [-0.15, -0.1) is 18.1 Å². The first-order chi connectivity index (χ1) is 19.9. The van der Waals surface area contributed by atoms with Crippen molar-refractivity contribution < 1.29 is 189 Å². The van der Waals surface area contributed by atoms with Gasteiger partial charge in [-0.1, -0.05) is 36.4 Å². The molecule has 2 rings (SSSR count). The first kappa shape index (κ1) is 52.7. The van der Waals surface area contributed by atoms with Crippen LogP contribution in [0.2, 0.25) is 0 Å². The summed E-state index contributed by atoms with van der Waals surface area (Å²) in [6.07, 6.45) is 0. The van der Waals surface area contributed by atoms with Crippen LogP contribution in [0.5, 0.6) is 0 Å². The first-order valence-corrected chi connectivity index (χ1v) is 16.2. The summed E-state index contributed by atoms with van der Waals surface area (Å²) in [7, 11) is -12.8. The number of hydrogen-bond acceptors (Lipinski definition) is 16. The number of aliphatic hydroxyl groups is 3. The molecular weight excluding hydrogens is 734 g/mol. The molecule has 0 fully saturated rings. The maximum atomic E-state index is 10.9. The Morgan fingerprint density at radius 1 is 0.500 bits per heavy atom. The molecule has 46 heavy (non-hydrogen) atoms. The largest absolute Gasteiger partial charge is 1.00 e. The Labute approximate surface area is 357 Å². The van der Waals surface area contributed by atoms with Crippen molar-refractivity contribution in [1.29, 1.82) is 0 Å². The molecule has 0 aliphatic heterocycles. The number of aliphatic hydroxyl groups excluding tert-OH is 3. The fourth-order valence-corrected chi connectivity index (χ4v) is 5.00. The van der Waals surface area contributed by atoms with Crippen LogP contribution < -0.4 is 138 Å². The summed E-state index contributed by atoms with van der Waals surface area (Å²) >= 11 is 0. The smallest absolute Gasteiger partial charge is 0.566 e. The predicted molar refractivity (Wildman–Crippen MR) is 136 cm³/mol. The Kier molecular flexibility index (Phi) is 32.0. The number of nitrogens with zero attached hydrogens (tertiary/aromatic N) is 1. The SMILES string of the molecule is O=[P+]([O-])OCc1cc(CO[P+](=O)[O-])cc(CN(Cc2cc(CO[P+](=O)[O-])cc(CO[P+](=O)[O-])c2)C(CO)(CO)CO)c1.[Na+].[Na+].[Na+].[Na+]. The van der Waals surface area contributed by atoms with Crippen LogP contribution in [0, 0.1) is 0 Å². The summed E-state index contributed by atoms with van der Waals surface area (Å²) in [5.74, 6) is 0. The summed E-state index contributed by atoms with van der Waals surface area (Å²) in [6, 6.07) is 9.04. The van der Waals surface area contributed by atoms with Gasteiger partial charge in [0.2, 0.25) is 0 Å². The summed E-state index contributed by atoms with van der Waals surface area (Å²) in [6.45, 7) is -3.93. The van der Waals surface area contributed by atoms with Gasteiger partial charge in [-0.25, -0.2) is 0 Å². The van der Waals surface area contributed by atoms with Gasteiger partial charge in [0.05, 0.1) is 25.4 Å². The predicted octanol–water partition coefficient (Wildman–Crippen LogP) is -12.4. The summed E-state index contributed by atoms with van der Waals surface area (Å²) in [5.41, 5.74) is 0.520. The molecule has 0 aliphatic carbocycles. The van der Waals surface area contributed by atoms with Crippen molar-refractivity contribution in [3.8, 4) is 0 Å². The minimum absolute atomic E-state index is 0. The normalized spacial score (nSPS) is 12.2. The zero-order valence-corrected chi connectivity index (χ0v) is 37.4. The average Bonchev–Trinajstić information content (AvgIpc) is 2.94. The molecule has 24 heteroatoms. The molecule has 0 amide bonds. The first-order valence-electron chi connectivity index (χ1n) is 11.8. The standard InChI is InChI=1S/C22H27NO15P4.4Na/c24-13-22(14-25,15-26)23(7-16-1-18(9-35-39(27)28)5-19(2-16)10-36-40(29)30)8-17-3-20(11-37-41(31)32)6-21(4-17)12-38-42(33)34;;;;/h1-6,24-26H,7-15H2;;;;/q;4*+1. The molecule has 2 aromatic rings. The topological polar surface area (TPSA) is 261 Å². The van der Waals surface area contributed by atoms with Gasteiger partial charge in [-0.2, -0.15) is 0 Å². The van der Waals surface area contributed by atoms with Crippen LogP contribution in [0.3, 0.4) is 0 Å². The Balaban J connectivity index is -0.00000462. The average molecular weight is 761 g/mol. The van der Waals surface area contributed by atoms with Crippen LogP contribution >= 0.6 is 33.0 Å². The molecule has 4 atom stereocenters. The van der Waals surface area contributed by atoms with Crippen LogP contribution in [0.15, 0.2) is 36.4 Å². The van der Waals surface area contributed by atoms with E-state index < -0.39 is 58.4 Å². The van der Waals surface area contributed by atoms with Gasteiger partial charge < -0.3 is 34.9 Å². The van der Waals surface area contributed by atoms with Crippen molar-refractivity contribution in [3.05, 3.63) is 69.8 Å². The second-order valence-corrected chi connectivity index (χ2v) is 11.7. The molecule has 0 spiro atoms. The third-order valence-electron chi connectivity index (χ3n) is 5.87. The number of benzene rings is 2. The van der Waals surface area contributed by atoms with Crippen LogP contribution in [0.25, 0.3) is 0 Å². The van der Waals surface area contributed by atoms with Gasteiger partial charge in [-0.05, 0) is 51.6 Å². The Hall–Kier alpha value is 2.36. The maximum Gasteiger partial charge on any atom is 1.00 e. The van der Waals surface area contributed by atoms with Gasteiger partial charge in [0, 0.05) is 13.1 Å². The van der Waals surface area contributed by atoms with Gasteiger partial charge in [-0.3, -0.25) is 4.90 Å². The van der Waals surface area contributed by atoms with E-state index >= 15 is 0 Å². The Bertz CT molecular complexity index is 1110. The molecule has 0 saturated carbocycles. The fraction of sp³-hybridized carbons (Fsp3) is 0.455. The van der Waals surface area contributed by atoms with Crippen LogP contribution in [0.4, 0.5) is 0 Å². The quantitative estimate of drug-likeness (QED) is 0.0836. The van der Waals surface area contributed by atoms with E-state index in [1.54, 1.807) is 0 Å². The van der Waals surface area contributed by atoms with Crippen LogP contribution in [0.1, 0.15) is 33.4 Å². The molecule has 0 saturated heterocycles. The molecule has 0 aromatic heterocycles. The molecule has 16 nitrogen and oxygen atoms in total. The molecule has 3 N–H and O–H groups in total. The monoisotopic (exact) mass is 761 g/mol. The second-order valence-electron chi connectivity index (χ2n) is 8.86. The van der Waals surface area contributed by atoms with Crippen LogP contribution in [-0.4, -0.2) is 45.6 Å². The molecule has 2 aromatic carbocycles. The van der Waals surface area contributed by atoms with Crippen molar-refractivity contribution >= 4 is 33.0 Å². The van der Waals surface area contributed by atoms with Gasteiger partial charge in [0.25, 0.3) is 0 Å². The van der Waals surface area contributed by atoms with E-state index in [1.165, 1.54) is 41.3 Å². The van der Waals surface area contributed by atoms with Gasteiger partial charge in [0.1, 0.15) is 26.4 Å². The van der Waals surface area contributed by atoms with E-state index in [2.05, 4.69) is 18.1 Å². The Morgan fingerprint density at radius 3 is 0.913 bits per heavy atom. The minimum atomic E-state index is -3.19. The minimum Gasteiger partial charge on any atom is -0.566 e. The Morgan fingerprint density at radius 2 is 0.717 bits per heavy atom. The fourth-order valence-electron chi connectivity index (χ4n) is 3.99. The zero-order valence-electron chi connectivity index (χ0n) is 25.8. The molecule has 0 bridgehead atoms.